The Bertz CT molecular complexity index is 1100. The molecule has 146 valence electrons. The van der Waals surface area contributed by atoms with Gasteiger partial charge in [0.15, 0.2) is 6.61 Å². The molecule has 0 saturated heterocycles. The van der Waals surface area contributed by atoms with E-state index in [0.29, 0.717) is 22.7 Å². The number of hydrogen-bond acceptors (Lipinski definition) is 3. The Morgan fingerprint density at radius 2 is 1.86 bits per heavy atom. The monoisotopic (exact) mass is 394 g/mol. The molecule has 5 nitrogen and oxygen atoms in total. The molecule has 3 aromatic carbocycles. The number of amides is 2. The number of hydrogen-bond donors (Lipinski definition) is 1. The van der Waals surface area contributed by atoms with Gasteiger partial charge in [0.05, 0.1) is 12.2 Å². The molecule has 0 saturated carbocycles. The van der Waals surface area contributed by atoms with E-state index in [0.717, 1.165) is 6.07 Å². The van der Waals surface area contributed by atoms with Gasteiger partial charge in [0.2, 0.25) is 0 Å². The highest BCUT2D eigenvalue weighted by Crippen LogP contribution is 2.35. The topological polar surface area (TPSA) is 58.6 Å². The smallest absolute Gasteiger partial charge is 0.265 e. The molecule has 0 bridgehead atoms. The van der Waals surface area contributed by atoms with Gasteiger partial charge in [-0.15, -0.1) is 0 Å². The largest absolute Gasteiger partial charge is 0.481 e. The first-order valence-electron chi connectivity index (χ1n) is 8.89. The average Bonchev–Trinajstić information content (AvgIpc) is 2.71. The van der Waals surface area contributed by atoms with E-state index in [4.69, 9.17) is 4.74 Å². The number of anilines is 2. The molecular weight excluding hydrogens is 378 g/mol. The van der Waals surface area contributed by atoms with Crippen molar-refractivity contribution in [2.24, 2.45) is 0 Å². The first-order chi connectivity index (χ1) is 14.0. The van der Waals surface area contributed by atoms with Crippen molar-refractivity contribution in [3.63, 3.8) is 0 Å². The number of rotatable bonds is 4. The summed E-state index contributed by atoms with van der Waals surface area (Å²) in [7, 11) is 0. The molecule has 1 heterocycles. The minimum Gasteiger partial charge on any atom is -0.481 e. The van der Waals surface area contributed by atoms with E-state index in [1.165, 1.54) is 29.2 Å². The van der Waals surface area contributed by atoms with Crippen molar-refractivity contribution in [3.05, 3.63) is 89.5 Å². The Hall–Kier alpha value is -3.74. The average molecular weight is 394 g/mol. The third-order valence-electron chi connectivity index (χ3n) is 4.53. The normalized spacial score (nSPS) is 12.9. The minimum atomic E-state index is -0.506. The summed E-state index contributed by atoms with van der Waals surface area (Å²) >= 11 is 0. The van der Waals surface area contributed by atoms with Crippen LogP contribution in [0.1, 0.15) is 15.9 Å². The lowest BCUT2D eigenvalue weighted by Gasteiger charge is -2.30. The standard InChI is InChI=1S/C22H16F2N2O3/c23-16-6-3-5-14(10-16)22(28)25-17-8-9-19-20(11-17)29-13-21(27)26(19)12-15-4-1-2-7-18(15)24/h1-11H,12-13H2,(H,25,28). The Balaban J connectivity index is 1.57. The second-order valence-corrected chi connectivity index (χ2v) is 6.51. The van der Waals surface area contributed by atoms with Crippen LogP contribution in [0, 0.1) is 11.6 Å². The highest BCUT2D eigenvalue weighted by molar-refractivity contribution is 6.05. The minimum absolute atomic E-state index is 0.0663. The van der Waals surface area contributed by atoms with E-state index in [2.05, 4.69) is 5.32 Å². The summed E-state index contributed by atoms with van der Waals surface area (Å²) in [5, 5.41) is 2.67. The lowest BCUT2D eigenvalue weighted by molar-refractivity contribution is -0.121. The Morgan fingerprint density at radius 3 is 2.66 bits per heavy atom. The molecule has 0 atom stereocenters. The van der Waals surface area contributed by atoms with Crippen LogP contribution in [0.25, 0.3) is 0 Å². The first-order valence-corrected chi connectivity index (χ1v) is 8.89. The van der Waals surface area contributed by atoms with E-state index in [9.17, 15) is 18.4 Å². The van der Waals surface area contributed by atoms with Crippen molar-refractivity contribution in [2.75, 3.05) is 16.8 Å². The molecule has 29 heavy (non-hydrogen) atoms. The molecule has 0 radical (unpaired) electrons. The van der Waals surface area contributed by atoms with Crippen molar-refractivity contribution in [1.29, 1.82) is 0 Å². The molecule has 1 aliphatic rings. The summed E-state index contributed by atoms with van der Waals surface area (Å²) in [6.45, 7) is -0.125. The van der Waals surface area contributed by atoms with Gasteiger partial charge in [0.25, 0.3) is 11.8 Å². The zero-order chi connectivity index (χ0) is 20.4. The molecule has 1 aliphatic heterocycles. The van der Waals surface area contributed by atoms with Crippen molar-refractivity contribution in [2.45, 2.75) is 6.54 Å². The van der Waals surface area contributed by atoms with Crippen LogP contribution >= 0.6 is 0 Å². The third kappa shape index (κ3) is 3.94. The van der Waals surface area contributed by atoms with Gasteiger partial charge in [-0.2, -0.15) is 0 Å². The molecule has 0 fully saturated rings. The molecular formula is C22H16F2N2O3. The predicted octanol–water partition coefficient (Wildman–Crippen LogP) is 4.14. The van der Waals surface area contributed by atoms with Crippen LogP contribution in [0.4, 0.5) is 20.2 Å². The van der Waals surface area contributed by atoms with Crippen LogP contribution in [-0.4, -0.2) is 18.4 Å². The predicted molar refractivity (Wildman–Crippen MR) is 104 cm³/mol. The van der Waals surface area contributed by atoms with Crippen LogP contribution in [0.5, 0.6) is 5.75 Å². The fraction of sp³-hybridized carbons (Fsp3) is 0.0909. The van der Waals surface area contributed by atoms with Gasteiger partial charge in [-0.25, -0.2) is 8.78 Å². The van der Waals surface area contributed by atoms with E-state index in [1.54, 1.807) is 36.4 Å². The zero-order valence-electron chi connectivity index (χ0n) is 15.2. The lowest BCUT2D eigenvalue weighted by Crippen LogP contribution is -2.38. The number of nitrogens with one attached hydrogen (secondary N) is 1. The number of carbonyl (C=O) groups excluding carboxylic acids is 2. The molecule has 3 aromatic rings. The molecule has 0 unspecified atom stereocenters. The fourth-order valence-corrected chi connectivity index (χ4v) is 3.09. The van der Waals surface area contributed by atoms with Crippen LogP contribution < -0.4 is 15.0 Å². The summed E-state index contributed by atoms with van der Waals surface area (Å²) in [5.41, 5.74) is 1.48. The van der Waals surface area contributed by atoms with Gasteiger partial charge >= 0.3 is 0 Å². The quantitative estimate of drug-likeness (QED) is 0.724. The van der Waals surface area contributed by atoms with Gasteiger partial charge in [0, 0.05) is 22.9 Å². The summed E-state index contributed by atoms with van der Waals surface area (Å²) in [5.74, 6) is -1.28. The van der Waals surface area contributed by atoms with Gasteiger partial charge in [-0.1, -0.05) is 24.3 Å². The second-order valence-electron chi connectivity index (χ2n) is 6.51. The number of benzene rings is 3. The van der Waals surface area contributed by atoms with Crippen LogP contribution in [0.3, 0.4) is 0 Å². The Morgan fingerprint density at radius 1 is 1.03 bits per heavy atom. The zero-order valence-corrected chi connectivity index (χ0v) is 15.2. The summed E-state index contributed by atoms with van der Waals surface area (Å²) in [6, 6.07) is 16.4. The number of fused-ring (bicyclic) bond motifs is 1. The highest BCUT2D eigenvalue weighted by atomic mass is 19.1. The molecule has 7 heteroatoms. The van der Waals surface area contributed by atoms with Crippen LogP contribution in [0.2, 0.25) is 0 Å². The second kappa shape index (κ2) is 7.71. The molecule has 1 N–H and O–H groups in total. The van der Waals surface area contributed by atoms with E-state index < -0.39 is 17.5 Å². The lowest BCUT2D eigenvalue weighted by atomic mass is 10.1. The Labute approximate surface area is 165 Å². The number of ether oxygens (including phenoxy) is 1. The molecule has 0 aliphatic carbocycles. The summed E-state index contributed by atoms with van der Waals surface area (Å²) in [6.07, 6.45) is 0. The summed E-state index contributed by atoms with van der Waals surface area (Å²) < 4.78 is 32.8. The van der Waals surface area contributed by atoms with Crippen molar-refractivity contribution < 1.29 is 23.1 Å². The molecule has 0 aromatic heterocycles. The number of nitrogens with zero attached hydrogens (tertiary/aromatic N) is 1. The van der Waals surface area contributed by atoms with E-state index in [-0.39, 0.29) is 24.6 Å². The molecule has 2 amide bonds. The molecule has 0 spiro atoms. The highest BCUT2D eigenvalue weighted by Gasteiger charge is 2.26. The van der Waals surface area contributed by atoms with Gasteiger partial charge in [-0.3, -0.25) is 9.59 Å². The number of halogens is 2. The van der Waals surface area contributed by atoms with Crippen molar-refractivity contribution in [1.82, 2.24) is 0 Å². The summed E-state index contributed by atoms with van der Waals surface area (Å²) in [4.78, 5) is 26.1. The maximum Gasteiger partial charge on any atom is 0.265 e. The van der Waals surface area contributed by atoms with E-state index >= 15 is 0 Å². The maximum absolute atomic E-state index is 14.0. The SMILES string of the molecule is O=C(Nc1ccc2c(c1)OCC(=O)N2Cc1ccccc1F)c1cccc(F)c1. The van der Waals surface area contributed by atoms with E-state index in [1.807, 2.05) is 0 Å². The molecule has 4 rings (SSSR count). The van der Waals surface area contributed by atoms with Gasteiger partial charge < -0.3 is 15.0 Å². The number of carbonyl (C=O) groups is 2. The van der Waals surface area contributed by atoms with Gasteiger partial charge in [0.1, 0.15) is 17.4 Å². The van der Waals surface area contributed by atoms with Gasteiger partial charge in [-0.05, 0) is 36.4 Å². The fourth-order valence-electron chi connectivity index (χ4n) is 3.09. The van der Waals surface area contributed by atoms with Crippen molar-refractivity contribution >= 4 is 23.2 Å². The van der Waals surface area contributed by atoms with Crippen LogP contribution in [0.15, 0.2) is 66.7 Å². The third-order valence-corrected chi connectivity index (χ3v) is 4.53. The van der Waals surface area contributed by atoms with Crippen LogP contribution in [-0.2, 0) is 11.3 Å². The van der Waals surface area contributed by atoms with Crippen molar-refractivity contribution in [3.8, 4) is 5.75 Å². The maximum atomic E-state index is 14.0. The Kier molecular flexibility index (Phi) is 4.95. The first kappa shape index (κ1) is 18.6.